The minimum atomic E-state index is 0.599. The smallest absolute Gasteiger partial charge is 0.0991 e. The molecule has 2 aromatic rings. The minimum Gasteiger partial charge on any atom is -0.294 e. The summed E-state index contributed by atoms with van der Waals surface area (Å²) in [7, 11) is 0. The second kappa shape index (κ2) is 7.00. The average Bonchev–Trinajstić information content (AvgIpc) is 2.60. The molecule has 3 rings (SSSR count). The van der Waals surface area contributed by atoms with Crippen LogP contribution in [0.4, 0.5) is 0 Å². The molecule has 0 saturated heterocycles. The number of nitrogens with zero attached hydrogens (tertiary/aromatic N) is 3. The van der Waals surface area contributed by atoms with Crippen molar-refractivity contribution in [2.75, 3.05) is 13.1 Å². The van der Waals surface area contributed by atoms with E-state index < -0.39 is 0 Å². The summed E-state index contributed by atoms with van der Waals surface area (Å²) < 4.78 is 0. The predicted molar refractivity (Wildman–Crippen MR) is 98.9 cm³/mol. The number of aromatic nitrogens is 1. The number of nitriles is 1. The van der Waals surface area contributed by atoms with E-state index in [1.807, 2.05) is 24.3 Å². The highest BCUT2D eigenvalue weighted by molar-refractivity contribution is 6.36. The zero-order valence-corrected chi connectivity index (χ0v) is 14.2. The van der Waals surface area contributed by atoms with Gasteiger partial charge in [-0.3, -0.25) is 9.88 Å². The number of benzene rings is 1. The van der Waals surface area contributed by atoms with Gasteiger partial charge in [0, 0.05) is 42.7 Å². The van der Waals surface area contributed by atoms with Crippen LogP contribution in [0.2, 0.25) is 5.02 Å². The van der Waals surface area contributed by atoms with Crippen LogP contribution >= 0.6 is 11.6 Å². The van der Waals surface area contributed by atoms with Gasteiger partial charge in [0.1, 0.15) is 0 Å². The first kappa shape index (κ1) is 16.4. The number of halogens is 1. The fourth-order valence-corrected chi connectivity index (χ4v) is 3.31. The summed E-state index contributed by atoms with van der Waals surface area (Å²) >= 11 is 6.65. The highest BCUT2D eigenvalue weighted by Gasteiger charge is 2.22. The molecule has 0 saturated carbocycles. The van der Waals surface area contributed by atoms with Crippen molar-refractivity contribution in [3.8, 4) is 6.07 Å². The quantitative estimate of drug-likeness (QED) is 0.777. The second-order valence-electron chi connectivity index (χ2n) is 5.91. The van der Waals surface area contributed by atoms with E-state index in [4.69, 9.17) is 21.8 Å². The Bertz CT molecular complexity index is 890. The standard InChI is InChI=1S/C20H18ClN3/c1-3-4-5-14(2)12-24-9-8-19-17(13-24)20(21)16-10-15(11-22)6-7-18(16)23-19/h3-7,10H,1-2,8-9,12-13H2/b5-4-. The van der Waals surface area contributed by atoms with Crippen molar-refractivity contribution in [3.63, 3.8) is 0 Å². The van der Waals surface area contributed by atoms with Crippen molar-refractivity contribution < 1.29 is 0 Å². The molecule has 24 heavy (non-hydrogen) atoms. The van der Waals surface area contributed by atoms with Crippen LogP contribution in [0.15, 0.2) is 55.2 Å². The minimum absolute atomic E-state index is 0.599. The van der Waals surface area contributed by atoms with Gasteiger partial charge in [-0.25, -0.2) is 0 Å². The van der Waals surface area contributed by atoms with E-state index in [0.717, 1.165) is 53.8 Å². The average molecular weight is 336 g/mol. The van der Waals surface area contributed by atoms with Crippen LogP contribution in [0, 0.1) is 11.3 Å². The third kappa shape index (κ3) is 3.26. The normalized spacial score (nSPS) is 14.5. The Balaban J connectivity index is 1.91. The topological polar surface area (TPSA) is 39.9 Å². The lowest BCUT2D eigenvalue weighted by molar-refractivity contribution is 0.276. The lowest BCUT2D eigenvalue weighted by Crippen LogP contribution is -2.32. The van der Waals surface area contributed by atoms with E-state index in [1.54, 1.807) is 12.1 Å². The largest absolute Gasteiger partial charge is 0.294 e. The zero-order chi connectivity index (χ0) is 17.1. The summed E-state index contributed by atoms with van der Waals surface area (Å²) in [5, 5.41) is 10.7. The number of fused-ring (bicyclic) bond motifs is 2. The highest BCUT2D eigenvalue weighted by atomic mass is 35.5. The van der Waals surface area contributed by atoms with Gasteiger partial charge in [-0.15, -0.1) is 0 Å². The molecule has 0 bridgehead atoms. The first-order valence-electron chi connectivity index (χ1n) is 7.82. The van der Waals surface area contributed by atoms with Crippen molar-refractivity contribution >= 4 is 22.5 Å². The number of hydrogen-bond acceptors (Lipinski definition) is 3. The van der Waals surface area contributed by atoms with Gasteiger partial charge in [0.15, 0.2) is 0 Å². The third-order valence-electron chi connectivity index (χ3n) is 4.17. The Morgan fingerprint density at radius 2 is 2.29 bits per heavy atom. The highest BCUT2D eigenvalue weighted by Crippen LogP contribution is 2.32. The van der Waals surface area contributed by atoms with Crippen molar-refractivity contribution in [1.29, 1.82) is 5.26 Å². The van der Waals surface area contributed by atoms with Crippen LogP contribution in [0.3, 0.4) is 0 Å². The monoisotopic (exact) mass is 335 g/mol. The molecule has 0 atom stereocenters. The SMILES string of the molecule is C=C/C=C\C(=C)CN1CCc2nc3ccc(C#N)cc3c(Cl)c2C1. The van der Waals surface area contributed by atoms with Crippen LogP contribution in [-0.2, 0) is 13.0 Å². The van der Waals surface area contributed by atoms with Gasteiger partial charge in [-0.1, -0.05) is 43.0 Å². The summed E-state index contributed by atoms with van der Waals surface area (Å²) in [6.07, 6.45) is 6.48. The Labute approximate surface area is 147 Å². The molecule has 0 amide bonds. The van der Waals surface area contributed by atoms with Gasteiger partial charge >= 0.3 is 0 Å². The maximum atomic E-state index is 9.09. The summed E-state index contributed by atoms with van der Waals surface area (Å²) in [4.78, 5) is 7.06. The van der Waals surface area contributed by atoms with Gasteiger partial charge in [0.2, 0.25) is 0 Å². The van der Waals surface area contributed by atoms with Crippen molar-refractivity contribution in [2.24, 2.45) is 0 Å². The molecular weight excluding hydrogens is 318 g/mol. The number of rotatable bonds is 4. The molecule has 1 aromatic carbocycles. The van der Waals surface area contributed by atoms with Gasteiger partial charge in [-0.05, 0) is 23.8 Å². The summed E-state index contributed by atoms with van der Waals surface area (Å²) in [6.45, 7) is 10.2. The molecule has 1 aromatic heterocycles. The molecule has 120 valence electrons. The molecule has 0 unspecified atom stereocenters. The molecule has 0 aliphatic carbocycles. The molecule has 3 nitrogen and oxygen atoms in total. The van der Waals surface area contributed by atoms with E-state index in [0.29, 0.717) is 10.6 Å². The Morgan fingerprint density at radius 3 is 3.04 bits per heavy atom. The maximum Gasteiger partial charge on any atom is 0.0991 e. The number of allylic oxidation sites excluding steroid dienone is 2. The van der Waals surface area contributed by atoms with E-state index >= 15 is 0 Å². The van der Waals surface area contributed by atoms with Crippen molar-refractivity contribution in [3.05, 3.63) is 77.0 Å². The Kier molecular flexibility index (Phi) is 4.80. The van der Waals surface area contributed by atoms with Crippen molar-refractivity contribution in [1.82, 2.24) is 9.88 Å². The molecule has 4 heteroatoms. The van der Waals surface area contributed by atoms with Crippen molar-refractivity contribution in [2.45, 2.75) is 13.0 Å². The second-order valence-corrected chi connectivity index (χ2v) is 6.29. The molecule has 1 aliphatic heterocycles. The molecule has 1 aliphatic rings. The Hall–Kier alpha value is -2.41. The fraction of sp³-hybridized carbons (Fsp3) is 0.200. The molecule has 0 spiro atoms. The first-order valence-corrected chi connectivity index (χ1v) is 8.20. The summed E-state index contributed by atoms with van der Waals surface area (Å²) in [6, 6.07) is 7.62. The molecule has 0 fully saturated rings. The lowest BCUT2D eigenvalue weighted by atomic mass is 10.0. The third-order valence-corrected chi connectivity index (χ3v) is 4.60. The van der Waals surface area contributed by atoms with E-state index in [1.165, 1.54) is 0 Å². The van der Waals surface area contributed by atoms with E-state index in [-0.39, 0.29) is 0 Å². The van der Waals surface area contributed by atoms with Gasteiger partial charge in [0.25, 0.3) is 0 Å². The van der Waals surface area contributed by atoms with Gasteiger partial charge < -0.3 is 0 Å². The maximum absolute atomic E-state index is 9.09. The Morgan fingerprint density at radius 1 is 1.46 bits per heavy atom. The summed E-state index contributed by atoms with van der Waals surface area (Å²) in [5.41, 5.74) is 4.60. The van der Waals surface area contributed by atoms with Crippen LogP contribution in [0.5, 0.6) is 0 Å². The number of hydrogen-bond donors (Lipinski definition) is 0. The van der Waals surface area contributed by atoms with Gasteiger partial charge in [-0.2, -0.15) is 5.26 Å². The van der Waals surface area contributed by atoms with Crippen LogP contribution in [0.25, 0.3) is 10.9 Å². The fourth-order valence-electron chi connectivity index (χ4n) is 2.99. The summed E-state index contributed by atoms with van der Waals surface area (Å²) in [5.74, 6) is 0. The van der Waals surface area contributed by atoms with Crippen LogP contribution < -0.4 is 0 Å². The molecule has 0 radical (unpaired) electrons. The zero-order valence-electron chi connectivity index (χ0n) is 13.4. The molecule has 2 heterocycles. The van der Waals surface area contributed by atoms with E-state index in [2.05, 4.69) is 24.1 Å². The number of pyridine rings is 1. The van der Waals surface area contributed by atoms with E-state index in [9.17, 15) is 0 Å². The predicted octanol–water partition coefficient (Wildman–Crippen LogP) is 4.42. The lowest BCUT2D eigenvalue weighted by Gasteiger charge is -2.29. The molecule has 0 N–H and O–H groups in total. The van der Waals surface area contributed by atoms with Crippen LogP contribution in [0.1, 0.15) is 16.8 Å². The van der Waals surface area contributed by atoms with Gasteiger partial charge in [0.05, 0.1) is 22.2 Å². The van der Waals surface area contributed by atoms with Crippen LogP contribution in [-0.4, -0.2) is 23.0 Å². The first-order chi connectivity index (χ1) is 11.6. The molecular formula is C20H18ClN3.